The van der Waals surface area contributed by atoms with Gasteiger partial charge in [0.15, 0.2) is 0 Å². The molecule has 1 aliphatic heterocycles. The van der Waals surface area contributed by atoms with Crippen LogP contribution in [0.5, 0.6) is 0 Å². The highest BCUT2D eigenvalue weighted by Crippen LogP contribution is 2.27. The molecule has 0 aliphatic carbocycles. The maximum atomic E-state index is 12.9. The fraction of sp³-hybridized carbons (Fsp3) is 0.480. The van der Waals surface area contributed by atoms with Gasteiger partial charge in [-0.15, -0.1) is 0 Å². The van der Waals surface area contributed by atoms with Crippen molar-refractivity contribution in [1.29, 1.82) is 0 Å². The van der Waals surface area contributed by atoms with Crippen molar-refractivity contribution in [1.82, 2.24) is 9.80 Å². The van der Waals surface area contributed by atoms with Crippen LogP contribution in [0.15, 0.2) is 60.7 Å². The Kier molecular flexibility index (Phi) is 7.51. The molecule has 5 heteroatoms. The summed E-state index contributed by atoms with van der Waals surface area (Å²) in [6, 6.07) is 21.0. The van der Waals surface area contributed by atoms with E-state index in [-0.39, 0.29) is 18.2 Å². The van der Waals surface area contributed by atoms with Gasteiger partial charge in [0.1, 0.15) is 5.60 Å². The smallest absolute Gasteiger partial charge is 0.410 e. The third kappa shape index (κ3) is 6.07. The lowest BCUT2D eigenvalue weighted by atomic mass is 9.99. The molecule has 2 aromatic carbocycles. The highest BCUT2D eigenvalue weighted by atomic mass is 16.6. The van der Waals surface area contributed by atoms with Gasteiger partial charge >= 0.3 is 6.09 Å². The van der Waals surface area contributed by atoms with Crippen LogP contribution in [0.4, 0.5) is 4.79 Å². The zero-order chi connectivity index (χ0) is 21.6. The maximum Gasteiger partial charge on any atom is 0.410 e. The number of methoxy groups -OCH3 is 1. The number of rotatable bonds is 6. The summed E-state index contributed by atoms with van der Waals surface area (Å²) < 4.78 is 11.3. The van der Waals surface area contributed by atoms with E-state index in [2.05, 4.69) is 41.3 Å². The predicted molar refractivity (Wildman–Crippen MR) is 120 cm³/mol. The fourth-order valence-electron chi connectivity index (χ4n) is 4.03. The minimum atomic E-state index is -0.506. The number of hydrogen-bond acceptors (Lipinski definition) is 4. The van der Waals surface area contributed by atoms with Crippen LogP contribution in [0, 0.1) is 0 Å². The molecule has 1 fully saturated rings. The number of carbonyl (C=O) groups excluding carboxylic acids is 1. The van der Waals surface area contributed by atoms with E-state index < -0.39 is 5.60 Å². The number of ether oxygens (including phenoxy) is 2. The summed E-state index contributed by atoms with van der Waals surface area (Å²) in [5.41, 5.74) is 1.96. The van der Waals surface area contributed by atoms with Crippen LogP contribution >= 0.6 is 0 Å². The van der Waals surface area contributed by atoms with E-state index in [9.17, 15) is 4.79 Å². The molecular formula is C25H34N2O3. The molecule has 1 saturated heterocycles. The molecule has 2 atom stereocenters. The lowest BCUT2D eigenvalue weighted by Gasteiger charge is -2.44. The Morgan fingerprint density at radius 3 is 2.27 bits per heavy atom. The van der Waals surface area contributed by atoms with Crippen molar-refractivity contribution >= 4 is 6.09 Å². The Morgan fingerprint density at radius 1 is 1.03 bits per heavy atom. The van der Waals surface area contributed by atoms with E-state index in [1.807, 2.05) is 49.9 Å². The number of amides is 1. The van der Waals surface area contributed by atoms with Gasteiger partial charge in [-0.25, -0.2) is 4.79 Å². The first-order valence-electron chi connectivity index (χ1n) is 10.7. The van der Waals surface area contributed by atoms with Crippen molar-refractivity contribution in [3.05, 3.63) is 71.8 Å². The van der Waals surface area contributed by atoms with Crippen LogP contribution < -0.4 is 0 Å². The van der Waals surface area contributed by atoms with Crippen LogP contribution in [-0.4, -0.2) is 60.9 Å². The van der Waals surface area contributed by atoms with Gasteiger partial charge in [0.2, 0.25) is 0 Å². The number of nitrogens with zero attached hydrogens (tertiary/aromatic N) is 2. The summed E-state index contributed by atoms with van der Waals surface area (Å²) in [5, 5.41) is 0. The second-order valence-electron chi connectivity index (χ2n) is 8.89. The molecule has 0 bridgehead atoms. The molecule has 30 heavy (non-hydrogen) atoms. The van der Waals surface area contributed by atoms with Gasteiger partial charge in [-0.05, 0) is 38.3 Å². The van der Waals surface area contributed by atoms with Crippen LogP contribution in [0.2, 0.25) is 0 Å². The van der Waals surface area contributed by atoms with Gasteiger partial charge in [0, 0.05) is 26.7 Å². The molecule has 1 heterocycles. The monoisotopic (exact) mass is 410 g/mol. The first kappa shape index (κ1) is 22.3. The molecule has 1 amide bonds. The average Bonchev–Trinajstić information content (AvgIpc) is 2.72. The molecule has 3 rings (SSSR count). The third-order valence-corrected chi connectivity index (χ3v) is 5.41. The van der Waals surface area contributed by atoms with Gasteiger partial charge in [-0.1, -0.05) is 60.7 Å². The second kappa shape index (κ2) is 10.1. The summed E-state index contributed by atoms with van der Waals surface area (Å²) in [6.07, 6.45) is 0.566. The fourth-order valence-corrected chi connectivity index (χ4v) is 4.03. The molecule has 0 unspecified atom stereocenters. The summed E-state index contributed by atoms with van der Waals surface area (Å²) in [7, 11) is 1.74. The largest absolute Gasteiger partial charge is 0.444 e. The van der Waals surface area contributed by atoms with Crippen LogP contribution in [0.25, 0.3) is 0 Å². The third-order valence-electron chi connectivity index (χ3n) is 5.41. The van der Waals surface area contributed by atoms with E-state index in [4.69, 9.17) is 9.47 Å². The number of benzene rings is 2. The molecule has 1 aliphatic rings. The van der Waals surface area contributed by atoms with E-state index >= 15 is 0 Å². The zero-order valence-corrected chi connectivity index (χ0v) is 18.6. The summed E-state index contributed by atoms with van der Waals surface area (Å²) in [6.45, 7) is 8.56. The van der Waals surface area contributed by atoms with Crippen LogP contribution in [0.3, 0.4) is 0 Å². The summed E-state index contributed by atoms with van der Waals surface area (Å²) >= 11 is 0. The van der Waals surface area contributed by atoms with Gasteiger partial charge in [-0.2, -0.15) is 0 Å². The van der Waals surface area contributed by atoms with E-state index in [0.29, 0.717) is 13.2 Å². The average molecular weight is 411 g/mol. The van der Waals surface area contributed by atoms with Crippen molar-refractivity contribution in [3.8, 4) is 0 Å². The summed E-state index contributed by atoms with van der Waals surface area (Å²) in [5.74, 6) is 0. The quantitative estimate of drug-likeness (QED) is 0.701. The Labute approximate surface area is 180 Å². The van der Waals surface area contributed by atoms with E-state index in [1.54, 1.807) is 7.11 Å². The topological polar surface area (TPSA) is 42.0 Å². The lowest BCUT2D eigenvalue weighted by molar-refractivity contribution is -0.0149. The molecular weight excluding hydrogens is 376 g/mol. The Morgan fingerprint density at radius 2 is 1.67 bits per heavy atom. The van der Waals surface area contributed by atoms with Crippen molar-refractivity contribution in [3.63, 3.8) is 0 Å². The van der Waals surface area contributed by atoms with Crippen LogP contribution in [-0.2, 0) is 15.9 Å². The van der Waals surface area contributed by atoms with Gasteiger partial charge < -0.3 is 14.4 Å². The van der Waals surface area contributed by atoms with Gasteiger partial charge in [0.25, 0.3) is 0 Å². The summed E-state index contributed by atoms with van der Waals surface area (Å²) in [4.78, 5) is 17.3. The number of piperazine rings is 1. The first-order valence-corrected chi connectivity index (χ1v) is 10.7. The molecule has 0 radical (unpaired) electrons. The Balaban J connectivity index is 1.82. The number of hydrogen-bond donors (Lipinski definition) is 0. The van der Waals surface area contributed by atoms with Crippen molar-refractivity contribution in [2.24, 2.45) is 0 Å². The Hall–Kier alpha value is -2.37. The van der Waals surface area contributed by atoms with Crippen molar-refractivity contribution in [2.75, 3.05) is 33.4 Å². The van der Waals surface area contributed by atoms with Gasteiger partial charge in [-0.3, -0.25) is 4.90 Å². The predicted octanol–water partition coefficient (Wildman–Crippen LogP) is 4.54. The maximum absolute atomic E-state index is 12.9. The van der Waals surface area contributed by atoms with E-state index in [1.165, 1.54) is 11.1 Å². The minimum Gasteiger partial charge on any atom is -0.444 e. The minimum absolute atomic E-state index is 0.0408. The molecule has 5 nitrogen and oxygen atoms in total. The van der Waals surface area contributed by atoms with Gasteiger partial charge in [0.05, 0.1) is 18.7 Å². The zero-order valence-electron chi connectivity index (χ0n) is 18.6. The molecule has 0 spiro atoms. The normalized spacial score (nSPS) is 18.8. The Bertz CT molecular complexity index is 789. The molecule has 162 valence electrons. The first-order chi connectivity index (χ1) is 14.4. The molecule has 0 saturated carbocycles. The highest BCUT2D eigenvalue weighted by molar-refractivity contribution is 5.69. The molecule has 0 N–H and O–H groups in total. The number of carbonyl (C=O) groups is 1. The molecule has 2 aromatic rings. The highest BCUT2D eigenvalue weighted by Gasteiger charge is 2.36. The van der Waals surface area contributed by atoms with Crippen molar-refractivity contribution in [2.45, 2.75) is 44.9 Å². The standard InChI is InChI=1S/C25H34N2O3/c1-25(2,3)30-24(28)27-16-15-26(18-22(27)17-20-11-7-5-8-12-20)23(19-29-4)21-13-9-6-10-14-21/h5-14,22-23H,15-19H2,1-4H3/t22-,23+/m1/s1. The second-order valence-corrected chi connectivity index (χ2v) is 8.89. The van der Waals surface area contributed by atoms with Crippen molar-refractivity contribution < 1.29 is 14.3 Å². The van der Waals surface area contributed by atoms with E-state index in [0.717, 1.165) is 19.5 Å². The molecule has 0 aromatic heterocycles. The van der Waals surface area contributed by atoms with Crippen LogP contribution in [0.1, 0.15) is 37.9 Å². The SMILES string of the molecule is COC[C@@H](c1ccccc1)N1CCN(C(=O)OC(C)(C)C)[C@H](Cc2ccccc2)C1. The lowest BCUT2D eigenvalue weighted by Crippen LogP contribution is -2.57.